The van der Waals surface area contributed by atoms with E-state index in [1.807, 2.05) is 47.0 Å². The maximum absolute atomic E-state index is 9.05. The highest BCUT2D eigenvalue weighted by Crippen LogP contribution is 2.33. The lowest BCUT2D eigenvalue weighted by molar-refractivity contribution is 0.213. The van der Waals surface area contributed by atoms with E-state index >= 15 is 0 Å². The number of fused-ring (bicyclic) bond motifs is 1. The van der Waals surface area contributed by atoms with E-state index in [1.54, 1.807) is 0 Å². The van der Waals surface area contributed by atoms with Gasteiger partial charge in [0.15, 0.2) is 5.65 Å². The first-order chi connectivity index (χ1) is 19.2. The second-order valence-corrected chi connectivity index (χ2v) is 10.5. The lowest BCUT2D eigenvalue weighted by Crippen LogP contribution is -2.14. The van der Waals surface area contributed by atoms with Gasteiger partial charge in [-0.2, -0.15) is 0 Å². The van der Waals surface area contributed by atoms with Crippen LogP contribution in [0, 0.1) is 18.8 Å². The number of nitrogens with zero attached hydrogens (tertiary/aromatic N) is 3. The second kappa shape index (κ2) is 16.8. The monoisotopic (exact) mass is 546 g/mol. The molecule has 1 aromatic carbocycles. The zero-order valence-electron chi connectivity index (χ0n) is 26.0. The summed E-state index contributed by atoms with van der Waals surface area (Å²) in [6, 6.07) is 8.50. The SMILES string of the molecule is C=C1CC(CO)CC/C1=C(\C)N=CC.CC.CCc1cc(-c2cnc3nc(C)[nH]c3c2)ccc1OCCC(C)C. The Morgan fingerprint density at radius 1 is 1.25 bits per heavy atom. The van der Waals surface area contributed by atoms with Crippen LogP contribution in [0.3, 0.4) is 0 Å². The van der Waals surface area contributed by atoms with Gasteiger partial charge in [-0.25, -0.2) is 9.97 Å². The Morgan fingerprint density at radius 3 is 2.62 bits per heavy atom. The fourth-order valence-corrected chi connectivity index (χ4v) is 4.72. The van der Waals surface area contributed by atoms with Crippen LogP contribution in [0.5, 0.6) is 5.75 Å². The minimum atomic E-state index is 0.280. The van der Waals surface area contributed by atoms with E-state index in [4.69, 9.17) is 9.84 Å². The largest absolute Gasteiger partial charge is 0.493 e. The average Bonchev–Trinajstić information content (AvgIpc) is 3.33. The van der Waals surface area contributed by atoms with Gasteiger partial charge in [-0.15, -0.1) is 0 Å². The Labute approximate surface area is 241 Å². The van der Waals surface area contributed by atoms with Crippen LogP contribution in [0.15, 0.2) is 58.9 Å². The summed E-state index contributed by atoms with van der Waals surface area (Å²) < 4.78 is 5.97. The molecule has 0 radical (unpaired) electrons. The number of ether oxygens (including phenoxy) is 1. The highest BCUT2D eigenvalue weighted by Gasteiger charge is 2.20. The molecule has 0 spiro atoms. The summed E-state index contributed by atoms with van der Waals surface area (Å²) in [4.78, 5) is 16.3. The molecular weight excluding hydrogens is 496 g/mol. The molecule has 1 fully saturated rings. The summed E-state index contributed by atoms with van der Waals surface area (Å²) in [5, 5.41) is 9.05. The van der Waals surface area contributed by atoms with Gasteiger partial charge in [0.2, 0.25) is 0 Å². The predicted molar refractivity (Wildman–Crippen MR) is 170 cm³/mol. The number of aromatic nitrogens is 3. The number of hydrogen-bond donors (Lipinski definition) is 2. The molecular formula is C34H50N4O2. The number of aliphatic hydroxyl groups is 1. The molecule has 4 rings (SSSR count). The van der Waals surface area contributed by atoms with E-state index < -0.39 is 0 Å². The van der Waals surface area contributed by atoms with Gasteiger partial charge in [-0.1, -0.05) is 47.3 Å². The summed E-state index contributed by atoms with van der Waals surface area (Å²) in [5.41, 5.74) is 8.73. The zero-order valence-corrected chi connectivity index (χ0v) is 26.0. The molecule has 0 amide bonds. The Morgan fingerprint density at radius 2 is 2.00 bits per heavy atom. The highest BCUT2D eigenvalue weighted by molar-refractivity contribution is 5.78. The number of hydrogen-bond acceptors (Lipinski definition) is 5. The number of aliphatic imine (C=N–C) groups is 1. The summed E-state index contributed by atoms with van der Waals surface area (Å²) >= 11 is 0. The Hall–Kier alpha value is -3.25. The fraction of sp³-hybridized carbons (Fsp3) is 0.500. The number of imidazole rings is 1. The van der Waals surface area contributed by atoms with Crippen molar-refractivity contribution in [2.24, 2.45) is 16.8 Å². The van der Waals surface area contributed by atoms with Crippen LogP contribution in [0.25, 0.3) is 22.3 Å². The summed E-state index contributed by atoms with van der Waals surface area (Å²) in [6.07, 6.45) is 8.70. The molecule has 40 heavy (non-hydrogen) atoms. The number of allylic oxidation sites excluding steroid dienone is 3. The molecule has 1 saturated carbocycles. The van der Waals surface area contributed by atoms with E-state index in [0.717, 1.165) is 83.8 Å². The van der Waals surface area contributed by atoms with E-state index in [2.05, 4.69) is 71.6 Å². The number of nitrogens with one attached hydrogen (secondary N) is 1. The van der Waals surface area contributed by atoms with E-state index in [0.29, 0.717) is 11.8 Å². The van der Waals surface area contributed by atoms with Gasteiger partial charge in [0.25, 0.3) is 0 Å². The minimum Gasteiger partial charge on any atom is -0.493 e. The molecule has 218 valence electrons. The van der Waals surface area contributed by atoms with Crippen molar-refractivity contribution in [2.45, 2.75) is 87.5 Å². The van der Waals surface area contributed by atoms with Crippen LogP contribution >= 0.6 is 0 Å². The fourth-order valence-electron chi connectivity index (χ4n) is 4.72. The molecule has 1 atom stereocenters. The van der Waals surface area contributed by atoms with Gasteiger partial charge in [0.05, 0.1) is 12.1 Å². The molecule has 1 aliphatic rings. The quantitative estimate of drug-likeness (QED) is 0.277. The summed E-state index contributed by atoms with van der Waals surface area (Å²) in [6.45, 7) is 21.6. The number of H-pyrrole nitrogens is 1. The first-order valence-electron chi connectivity index (χ1n) is 14.8. The third-order valence-corrected chi connectivity index (χ3v) is 6.97. The maximum atomic E-state index is 9.05. The van der Waals surface area contributed by atoms with Crippen molar-refractivity contribution >= 4 is 17.4 Å². The van der Waals surface area contributed by atoms with Crippen LogP contribution in [0.1, 0.15) is 85.5 Å². The molecule has 0 aliphatic heterocycles. The molecule has 1 unspecified atom stereocenters. The maximum Gasteiger partial charge on any atom is 0.177 e. The van der Waals surface area contributed by atoms with Crippen LogP contribution in [-0.2, 0) is 6.42 Å². The van der Waals surface area contributed by atoms with Gasteiger partial charge < -0.3 is 14.8 Å². The second-order valence-electron chi connectivity index (χ2n) is 10.5. The molecule has 2 aromatic heterocycles. The smallest absolute Gasteiger partial charge is 0.177 e. The van der Waals surface area contributed by atoms with E-state index in [1.165, 1.54) is 11.1 Å². The number of rotatable bonds is 8. The summed E-state index contributed by atoms with van der Waals surface area (Å²) in [5.74, 6) is 2.95. The number of aromatic amines is 1. The summed E-state index contributed by atoms with van der Waals surface area (Å²) in [7, 11) is 0. The molecule has 1 aliphatic carbocycles. The zero-order chi connectivity index (χ0) is 29.7. The molecule has 2 heterocycles. The third-order valence-electron chi connectivity index (χ3n) is 6.97. The molecule has 2 N–H and O–H groups in total. The van der Waals surface area contributed by atoms with Crippen LogP contribution < -0.4 is 4.74 Å². The molecule has 6 heteroatoms. The van der Waals surface area contributed by atoms with Crippen molar-refractivity contribution in [1.29, 1.82) is 0 Å². The van der Waals surface area contributed by atoms with Crippen molar-refractivity contribution in [3.8, 4) is 16.9 Å². The van der Waals surface area contributed by atoms with Crippen molar-refractivity contribution in [3.05, 3.63) is 65.3 Å². The Kier molecular flexibility index (Phi) is 13.8. The van der Waals surface area contributed by atoms with Crippen molar-refractivity contribution in [2.75, 3.05) is 13.2 Å². The number of benzene rings is 1. The first kappa shape index (κ1) is 33.0. The molecule has 0 saturated heterocycles. The Bertz CT molecular complexity index is 1290. The van der Waals surface area contributed by atoms with Gasteiger partial charge in [0.1, 0.15) is 11.6 Å². The normalized spacial score (nSPS) is 16.4. The Balaban J connectivity index is 0.000000299. The molecule has 6 nitrogen and oxygen atoms in total. The van der Waals surface area contributed by atoms with Gasteiger partial charge in [-0.05, 0) is 105 Å². The topological polar surface area (TPSA) is 83.4 Å². The molecule has 0 bridgehead atoms. The number of aliphatic hydroxyl groups excluding tert-OH is 1. The lowest BCUT2D eigenvalue weighted by atomic mass is 9.82. The average molecular weight is 547 g/mol. The van der Waals surface area contributed by atoms with Crippen molar-refractivity contribution in [1.82, 2.24) is 15.0 Å². The van der Waals surface area contributed by atoms with Gasteiger partial charge in [-0.3, -0.25) is 4.99 Å². The van der Waals surface area contributed by atoms with E-state index in [9.17, 15) is 0 Å². The number of pyridine rings is 1. The van der Waals surface area contributed by atoms with Gasteiger partial charge in [0, 0.05) is 30.3 Å². The predicted octanol–water partition coefficient (Wildman–Crippen LogP) is 8.65. The van der Waals surface area contributed by atoms with Crippen molar-refractivity contribution in [3.63, 3.8) is 0 Å². The van der Waals surface area contributed by atoms with Gasteiger partial charge >= 0.3 is 0 Å². The first-order valence-corrected chi connectivity index (χ1v) is 14.8. The van der Waals surface area contributed by atoms with Crippen LogP contribution in [-0.4, -0.2) is 39.5 Å². The van der Waals surface area contributed by atoms with Crippen LogP contribution in [0.2, 0.25) is 0 Å². The molecule has 3 aromatic rings. The van der Waals surface area contributed by atoms with Crippen LogP contribution in [0.4, 0.5) is 0 Å². The highest BCUT2D eigenvalue weighted by atomic mass is 16.5. The number of aryl methyl sites for hydroxylation is 2. The standard InChI is InChI=1S/C20H25N3O.C12H19NO.C2H6/c1-5-15-10-16(6-7-19(15)24-9-8-13(2)3)17-11-18-20(21-12-17)23-14(4)22-18;1-4-13-10(3)12-6-5-11(8-14)7-9(12)2;1-2/h6-7,10-13H,5,8-9H2,1-4H3,(H,21,22,23);4,11,14H,2,5-8H2,1,3H3;1-2H3/b;12-10-,13-4?;. The lowest BCUT2D eigenvalue weighted by Gasteiger charge is -2.25. The van der Waals surface area contributed by atoms with E-state index in [-0.39, 0.29) is 6.61 Å². The third kappa shape index (κ3) is 9.44. The van der Waals surface area contributed by atoms with Crippen molar-refractivity contribution < 1.29 is 9.84 Å². The minimum absolute atomic E-state index is 0.280.